The second-order valence-electron chi connectivity index (χ2n) is 4.15. The van der Waals surface area contributed by atoms with E-state index in [1.807, 2.05) is 0 Å². The number of hydrogen-bond acceptors (Lipinski definition) is 1. The smallest absolute Gasteiger partial charge is 0.0674 e. The van der Waals surface area contributed by atoms with E-state index in [4.69, 9.17) is 11.2 Å². The lowest BCUT2D eigenvalue weighted by molar-refractivity contribution is 0.0744. The Kier molecular flexibility index (Phi) is 2.59. The maximum atomic E-state index is 5.46. The van der Waals surface area contributed by atoms with Crippen LogP contribution in [0.25, 0.3) is 0 Å². The zero-order valence-electron chi connectivity index (χ0n) is 7.89. The zero-order valence-corrected chi connectivity index (χ0v) is 7.89. The van der Waals surface area contributed by atoms with Crippen molar-refractivity contribution in [3.8, 4) is 12.3 Å². The molecule has 1 aliphatic rings. The van der Waals surface area contributed by atoms with Gasteiger partial charge < -0.3 is 4.74 Å². The van der Waals surface area contributed by atoms with Crippen LogP contribution in [0.5, 0.6) is 0 Å². The van der Waals surface area contributed by atoms with E-state index in [1.165, 1.54) is 0 Å². The van der Waals surface area contributed by atoms with Crippen molar-refractivity contribution in [1.82, 2.24) is 0 Å². The highest BCUT2D eigenvalue weighted by Crippen LogP contribution is 2.33. The summed E-state index contributed by atoms with van der Waals surface area (Å²) < 4.78 is 5.46. The van der Waals surface area contributed by atoms with E-state index >= 15 is 0 Å². The molecule has 1 nitrogen and oxygen atoms in total. The van der Waals surface area contributed by atoms with Crippen molar-refractivity contribution in [3.63, 3.8) is 0 Å². The maximum Gasteiger partial charge on any atom is 0.0674 e. The quantitative estimate of drug-likeness (QED) is 0.394. The summed E-state index contributed by atoms with van der Waals surface area (Å²) in [6, 6.07) is 0. The van der Waals surface area contributed by atoms with E-state index in [2.05, 4.69) is 26.3 Å². The molecule has 1 aliphatic heterocycles. The number of terminal acetylenes is 1. The van der Waals surface area contributed by atoms with Crippen LogP contribution in [-0.2, 0) is 4.74 Å². The molecule has 0 saturated carbocycles. The van der Waals surface area contributed by atoms with Gasteiger partial charge in [0.2, 0.25) is 0 Å². The van der Waals surface area contributed by atoms with Crippen molar-refractivity contribution in [2.75, 3.05) is 13.2 Å². The summed E-state index contributed by atoms with van der Waals surface area (Å²) in [6.45, 7) is 9.62. The first-order chi connectivity index (χ1) is 5.56. The molecule has 0 bridgehead atoms. The molecule has 12 heavy (non-hydrogen) atoms. The minimum Gasteiger partial charge on any atom is -0.377 e. The molecule has 66 valence electrons. The van der Waals surface area contributed by atoms with Gasteiger partial charge in [0, 0.05) is 11.3 Å². The van der Waals surface area contributed by atoms with E-state index < -0.39 is 0 Å². The van der Waals surface area contributed by atoms with Crippen molar-refractivity contribution in [2.45, 2.75) is 20.3 Å². The molecule has 1 fully saturated rings. The van der Waals surface area contributed by atoms with Crippen LogP contribution >= 0.6 is 0 Å². The van der Waals surface area contributed by atoms with E-state index in [0.29, 0.717) is 6.61 Å². The standard InChI is InChI=1S/C11H16O/c1-5-10-6-9(2)7-12-8-11(10,3)4/h1,10H,2,6-8H2,3-4H3. The van der Waals surface area contributed by atoms with E-state index in [0.717, 1.165) is 18.6 Å². The molecule has 1 rings (SSSR count). The lowest BCUT2D eigenvalue weighted by Crippen LogP contribution is -2.26. The van der Waals surface area contributed by atoms with Crippen LogP contribution in [-0.4, -0.2) is 13.2 Å². The van der Waals surface area contributed by atoms with Crippen molar-refractivity contribution in [1.29, 1.82) is 0 Å². The summed E-state index contributed by atoms with van der Waals surface area (Å²) in [5.41, 5.74) is 1.21. The monoisotopic (exact) mass is 164 g/mol. The van der Waals surface area contributed by atoms with Crippen LogP contribution < -0.4 is 0 Å². The molecule has 1 saturated heterocycles. The van der Waals surface area contributed by atoms with Crippen LogP contribution in [0, 0.1) is 23.7 Å². The Morgan fingerprint density at radius 2 is 2.33 bits per heavy atom. The van der Waals surface area contributed by atoms with Crippen molar-refractivity contribution in [2.24, 2.45) is 11.3 Å². The van der Waals surface area contributed by atoms with Gasteiger partial charge in [0.15, 0.2) is 0 Å². The van der Waals surface area contributed by atoms with Gasteiger partial charge in [0.1, 0.15) is 0 Å². The molecule has 0 spiro atoms. The van der Waals surface area contributed by atoms with Crippen molar-refractivity contribution in [3.05, 3.63) is 12.2 Å². The highest BCUT2D eigenvalue weighted by atomic mass is 16.5. The first kappa shape index (κ1) is 9.35. The predicted octanol–water partition coefficient (Wildman–Crippen LogP) is 2.24. The first-order valence-corrected chi connectivity index (χ1v) is 4.27. The third-order valence-electron chi connectivity index (χ3n) is 2.42. The Labute approximate surface area is 74.8 Å². The molecule has 0 aliphatic carbocycles. The Hall–Kier alpha value is -0.740. The minimum atomic E-state index is 0.0915. The molecular weight excluding hydrogens is 148 g/mol. The second-order valence-corrected chi connectivity index (χ2v) is 4.15. The van der Waals surface area contributed by atoms with Crippen LogP contribution in [0.2, 0.25) is 0 Å². The predicted molar refractivity (Wildman–Crippen MR) is 50.7 cm³/mol. The van der Waals surface area contributed by atoms with Gasteiger partial charge in [-0.05, 0) is 6.42 Å². The molecule has 0 aromatic rings. The van der Waals surface area contributed by atoms with Gasteiger partial charge in [0.05, 0.1) is 13.2 Å². The fourth-order valence-electron chi connectivity index (χ4n) is 1.47. The maximum absolute atomic E-state index is 5.46. The van der Waals surface area contributed by atoms with E-state index in [9.17, 15) is 0 Å². The molecule has 1 heterocycles. The van der Waals surface area contributed by atoms with Gasteiger partial charge in [0.25, 0.3) is 0 Å². The number of rotatable bonds is 0. The van der Waals surface area contributed by atoms with Gasteiger partial charge >= 0.3 is 0 Å². The second kappa shape index (κ2) is 3.33. The molecule has 0 aromatic carbocycles. The Bertz CT molecular complexity index is 220. The van der Waals surface area contributed by atoms with Crippen molar-refractivity contribution < 1.29 is 4.74 Å². The largest absolute Gasteiger partial charge is 0.377 e. The number of hydrogen-bond donors (Lipinski definition) is 0. The highest BCUT2D eigenvalue weighted by molar-refractivity contribution is 5.10. The zero-order chi connectivity index (χ0) is 9.19. The van der Waals surface area contributed by atoms with Crippen LogP contribution in [0.3, 0.4) is 0 Å². The third-order valence-corrected chi connectivity index (χ3v) is 2.42. The summed E-state index contributed by atoms with van der Waals surface area (Å²) in [7, 11) is 0. The van der Waals surface area contributed by atoms with Crippen LogP contribution in [0.15, 0.2) is 12.2 Å². The number of ether oxygens (including phenoxy) is 1. The first-order valence-electron chi connectivity index (χ1n) is 4.27. The summed E-state index contributed by atoms with van der Waals surface area (Å²) in [6.07, 6.45) is 6.37. The third kappa shape index (κ3) is 1.89. The fraction of sp³-hybridized carbons (Fsp3) is 0.636. The molecule has 0 radical (unpaired) electrons. The lowest BCUT2D eigenvalue weighted by atomic mass is 9.77. The topological polar surface area (TPSA) is 9.23 Å². The summed E-state index contributed by atoms with van der Waals surface area (Å²) in [5, 5.41) is 0. The molecule has 1 atom stereocenters. The van der Waals surface area contributed by atoms with E-state index in [-0.39, 0.29) is 11.3 Å². The average molecular weight is 164 g/mol. The van der Waals surface area contributed by atoms with Gasteiger partial charge in [-0.15, -0.1) is 12.3 Å². The minimum absolute atomic E-state index is 0.0915. The van der Waals surface area contributed by atoms with E-state index in [1.54, 1.807) is 0 Å². The Balaban J connectivity index is 2.78. The average Bonchev–Trinajstić information content (AvgIpc) is 2.10. The SMILES string of the molecule is C#CC1CC(=C)COCC1(C)C. The van der Waals surface area contributed by atoms with Gasteiger partial charge in [-0.25, -0.2) is 0 Å². The summed E-state index contributed by atoms with van der Waals surface area (Å²) in [4.78, 5) is 0. The Morgan fingerprint density at radius 3 is 2.92 bits per heavy atom. The molecule has 0 amide bonds. The summed E-state index contributed by atoms with van der Waals surface area (Å²) in [5.74, 6) is 3.09. The van der Waals surface area contributed by atoms with Crippen molar-refractivity contribution >= 4 is 0 Å². The summed E-state index contributed by atoms with van der Waals surface area (Å²) >= 11 is 0. The van der Waals surface area contributed by atoms with Gasteiger partial charge in [-0.2, -0.15) is 0 Å². The molecule has 1 unspecified atom stereocenters. The molecule has 1 heteroatoms. The lowest BCUT2D eigenvalue weighted by Gasteiger charge is -2.27. The van der Waals surface area contributed by atoms with Gasteiger partial charge in [-0.1, -0.05) is 26.0 Å². The molecule has 0 N–H and O–H groups in total. The highest BCUT2D eigenvalue weighted by Gasteiger charge is 2.31. The fourth-order valence-corrected chi connectivity index (χ4v) is 1.47. The van der Waals surface area contributed by atoms with Crippen LogP contribution in [0.1, 0.15) is 20.3 Å². The van der Waals surface area contributed by atoms with Gasteiger partial charge in [-0.3, -0.25) is 0 Å². The normalized spacial score (nSPS) is 29.1. The molecule has 0 aromatic heterocycles. The molecular formula is C11H16O. The Morgan fingerprint density at radius 1 is 1.67 bits per heavy atom. The van der Waals surface area contributed by atoms with Crippen LogP contribution in [0.4, 0.5) is 0 Å².